The highest BCUT2D eigenvalue weighted by Crippen LogP contribution is 2.29. The molecule has 0 atom stereocenters. The largest absolute Gasteiger partial charge is 0.416 e. The maximum Gasteiger partial charge on any atom is 0.416 e. The second-order valence-corrected chi connectivity index (χ2v) is 5.77. The number of likely N-dealkylation sites (tertiary alicyclic amines) is 1. The number of hydrogen-bond acceptors (Lipinski definition) is 2. The van der Waals surface area contributed by atoms with Crippen LogP contribution in [0.5, 0.6) is 0 Å². The molecule has 1 saturated heterocycles. The third kappa shape index (κ3) is 7.03. The minimum Gasteiger partial charge on any atom is -0.393 e. The average molecular weight is 481 g/mol. The van der Waals surface area contributed by atoms with Crippen molar-refractivity contribution in [3.8, 4) is 11.8 Å². The van der Waals surface area contributed by atoms with E-state index >= 15 is 0 Å². The lowest BCUT2D eigenvalue weighted by atomic mass is 10.1. The molecule has 0 saturated carbocycles. The molecular weight excluding hydrogens is 458 g/mol. The molecule has 8 heteroatoms. The van der Waals surface area contributed by atoms with Crippen LogP contribution in [0.2, 0.25) is 0 Å². The fraction of sp³-hybridized carbons (Fsp3) is 0.500. The van der Waals surface area contributed by atoms with E-state index in [-0.39, 0.29) is 36.6 Å². The quantitative estimate of drug-likeness (QED) is 0.296. The molecule has 1 heterocycles. The van der Waals surface area contributed by atoms with E-state index < -0.39 is 11.7 Å². The van der Waals surface area contributed by atoms with Gasteiger partial charge in [-0.3, -0.25) is 0 Å². The fourth-order valence-electron chi connectivity index (χ4n) is 2.53. The Labute approximate surface area is 168 Å². The number of nitrogens with one attached hydrogen (secondary N) is 1. The van der Waals surface area contributed by atoms with Gasteiger partial charge in [-0.1, -0.05) is 17.9 Å². The number of aliphatic hydroxyl groups excluding tert-OH is 1. The van der Waals surface area contributed by atoms with Crippen molar-refractivity contribution in [1.29, 1.82) is 0 Å². The fourth-order valence-corrected chi connectivity index (χ4v) is 2.53. The molecular formula is C18H23F3IN3O. The first kappa shape index (κ1) is 22.6. The highest BCUT2D eigenvalue weighted by atomic mass is 127. The number of aliphatic imine (C=N–C) groups is 1. The molecule has 0 aromatic heterocycles. The maximum absolute atomic E-state index is 12.7. The van der Waals surface area contributed by atoms with E-state index in [0.717, 1.165) is 12.1 Å². The molecule has 2 N–H and O–H groups in total. The molecule has 1 fully saturated rings. The lowest BCUT2D eigenvalue weighted by molar-refractivity contribution is -0.137. The van der Waals surface area contributed by atoms with Gasteiger partial charge in [0.25, 0.3) is 0 Å². The molecule has 1 aliphatic rings. The number of nitrogens with zero attached hydrogens (tertiary/aromatic N) is 2. The van der Waals surface area contributed by atoms with Gasteiger partial charge in [0.1, 0.15) is 6.54 Å². The molecule has 0 spiro atoms. The Hall–Kier alpha value is -1.47. The molecule has 1 aromatic carbocycles. The lowest BCUT2D eigenvalue weighted by Crippen LogP contribution is -2.46. The average Bonchev–Trinajstić information content (AvgIpc) is 2.58. The smallest absolute Gasteiger partial charge is 0.393 e. The van der Waals surface area contributed by atoms with E-state index in [1.807, 2.05) is 6.92 Å². The van der Waals surface area contributed by atoms with Crippen LogP contribution in [0, 0.1) is 11.8 Å². The molecule has 2 rings (SSSR count). The number of aliphatic hydroxyl groups is 1. The Morgan fingerprint density at radius 1 is 1.35 bits per heavy atom. The summed E-state index contributed by atoms with van der Waals surface area (Å²) < 4.78 is 38.0. The van der Waals surface area contributed by atoms with Gasteiger partial charge in [-0.25, -0.2) is 4.99 Å². The van der Waals surface area contributed by atoms with Crippen LogP contribution < -0.4 is 5.32 Å². The molecule has 0 unspecified atom stereocenters. The Morgan fingerprint density at radius 2 is 2.04 bits per heavy atom. The summed E-state index contributed by atoms with van der Waals surface area (Å²) in [5.74, 6) is 6.23. The van der Waals surface area contributed by atoms with Crippen LogP contribution in [-0.4, -0.2) is 48.2 Å². The van der Waals surface area contributed by atoms with Crippen LogP contribution in [-0.2, 0) is 6.18 Å². The monoisotopic (exact) mass is 481 g/mol. The minimum atomic E-state index is -4.37. The van der Waals surface area contributed by atoms with Crippen LogP contribution in [0.1, 0.15) is 30.9 Å². The van der Waals surface area contributed by atoms with Crippen LogP contribution in [0.3, 0.4) is 0 Å². The topological polar surface area (TPSA) is 47.9 Å². The summed E-state index contributed by atoms with van der Waals surface area (Å²) in [6.45, 7) is 4.29. The predicted molar refractivity (Wildman–Crippen MR) is 107 cm³/mol. The summed E-state index contributed by atoms with van der Waals surface area (Å²) in [7, 11) is 0. The number of hydrogen-bond donors (Lipinski definition) is 2. The predicted octanol–water partition coefficient (Wildman–Crippen LogP) is 3.10. The van der Waals surface area contributed by atoms with Gasteiger partial charge in [-0.15, -0.1) is 24.0 Å². The highest BCUT2D eigenvalue weighted by Gasteiger charge is 2.30. The number of alkyl halides is 3. The second-order valence-electron chi connectivity index (χ2n) is 5.77. The van der Waals surface area contributed by atoms with Crippen molar-refractivity contribution < 1.29 is 18.3 Å². The van der Waals surface area contributed by atoms with Gasteiger partial charge in [-0.2, -0.15) is 13.2 Å². The van der Waals surface area contributed by atoms with Crippen LogP contribution in [0.15, 0.2) is 29.3 Å². The zero-order valence-electron chi connectivity index (χ0n) is 14.5. The van der Waals surface area contributed by atoms with E-state index in [0.29, 0.717) is 44.0 Å². The van der Waals surface area contributed by atoms with Gasteiger partial charge >= 0.3 is 6.18 Å². The summed E-state index contributed by atoms with van der Waals surface area (Å²) in [6, 6.07) is 4.95. The second kappa shape index (κ2) is 10.6. The zero-order valence-corrected chi connectivity index (χ0v) is 16.8. The molecule has 26 heavy (non-hydrogen) atoms. The first-order valence-corrected chi connectivity index (χ1v) is 8.27. The standard InChI is InChI=1S/C18H22F3N3O.HI/c1-2-22-17(24-11-8-16(25)9-12-24)23-10-4-6-14-5-3-7-15(13-14)18(19,20)21;/h3,5,7,13,16,25H,2,8-12H2,1H3,(H,22,23);1H. The summed E-state index contributed by atoms with van der Waals surface area (Å²) in [5, 5.41) is 12.7. The molecule has 0 amide bonds. The summed E-state index contributed by atoms with van der Waals surface area (Å²) in [5.41, 5.74) is -0.390. The van der Waals surface area contributed by atoms with Crippen molar-refractivity contribution in [2.24, 2.45) is 4.99 Å². The van der Waals surface area contributed by atoms with Crippen molar-refractivity contribution in [2.45, 2.75) is 32.0 Å². The molecule has 0 aliphatic carbocycles. The Kier molecular flexibility index (Phi) is 9.22. The van der Waals surface area contributed by atoms with Gasteiger partial charge in [0, 0.05) is 25.2 Å². The van der Waals surface area contributed by atoms with Crippen LogP contribution in [0.25, 0.3) is 0 Å². The van der Waals surface area contributed by atoms with Crippen molar-refractivity contribution >= 4 is 29.9 Å². The molecule has 4 nitrogen and oxygen atoms in total. The summed E-state index contributed by atoms with van der Waals surface area (Å²) in [4.78, 5) is 6.46. The Balaban J connectivity index is 0.00000338. The number of halogens is 4. The normalized spacial score (nSPS) is 15.7. The van der Waals surface area contributed by atoms with Crippen molar-refractivity contribution in [1.82, 2.24) is 10.2 Å². The van der Waals surface area contributed by atoms with Gasteiger partial charge in [0.05, 0.1) is 11.7 Å². The van der Waals surface area contributed by atoms with E-state index in [2.05, 4.69) is 27.0 Å². The highest BCUT2D eigenvalue weighted by molar-refractivity contribution is 14.0. The van der Waals surface area contributed by atoms with Gasteiger partial charge < -0.3 is 15.3 Å². The first-order valence-electron chi connectivity index (χ1n) is 8.27. The summed E-state index contributed by atoms with van der Waals surface area (Å²) >= 11 is 0. The Bertz CT molecular complexity index is 660. The van der Waals surface area contributed by atoms with Crippen LogP contribution in [0.4, 0.5) is 13.2 Å². The maximum atomic E-state index is 12.7. The molecule has 1 aliphatic heterocycles. The van der Waals surface area contributed by atoms with E-state index in [9.17, 15) is 18.3 Å². The molecule has 0 radical (unpaired) electrons. The molecule has 144 valence electrons. The number of rotatable bonds is 2. The van der Waals surface area contributed by atoms with E-state index in [1.54, 1.807) is 6.07 Å². The van der Waals surface area contributed by atoms with Crippen molar-refractivity contribution in [2.75, 3.05) is 26.2 Å². The molecule has 0 bridgehead atoms. The van der Waals surface area contributed by atoms with E-state index in [4.69, 9.17) is 0 Å². The zero-order chi connectivity index (χ0) is 18.3. The number of guanidine groups is 1. The Morgan fingerprint density at radius 3 is 2.65 bits per heavy atom. The van der Waals surface area contributed by atoms with E-state index in [1.165, 1.54) is 6.07 Å². The minimum absolute atomic E-state index is 0. The first-order chi connectivity index (χ1) is 11.9. The number of piperidine rings is 1. The van der Waals surface area contributed by atoms with Gasteiger partial charge in [0.15, 0.2) is 5.96 Å². The lowest BCUT2D eigenvalue weighted by Gasteiger charge is -2.32. The van der Waals surface area contributed by atoms with Gasteiger partial charge in [-0.05, 0) is 38.0 Å². The number of benzene rings is 1. The van der Waals surface area contributed by atoms with Crippen molar-refractivity contribution in [3.63, 3.8) is 0 Å². The van der Waals surface area contributed by atoms with Crippen molar-refractivity contribution in [3.05, 3.63) is 35.4 Å². The SMILES string of the molecule is CCNC(=NCC#Cc1cccc(C(F)(F)F)c1)N1CCC(O)CC1.I. The molecule has 1 aromatic rings. The third-order valence-electron chi connectivity index (χ3n) is 3.83. The summed E-state index contributed by atoms with van der Waals surface area (Å²) in [6.07, 6.45) is -3.24. The van der Waals surface area contributed by atoms with Gasteiger partial charge in [0.2, 0.25) is 0 Å². The van der Waals surface area contributed by atoms with Crippen LogP contribution >= 0.6 is 24.0 Å². The third-order valence-corrected chi connectivity index (χ3v) is 3.83.